The SMILES string of the molecule is Cc1ccc(N)cc1NC(=O)CS(=O)C(C)C. The Hall–Kier alpha value is -1.36. The Bertz CT molecular complexity index is 444. The van der Waals surface area contributed by atoms with Crippen LogP contribution in [0, 0.1) is 6.92 Å². The van der Waals surface area contributed by atoms with Crippen molar-refractivity contribution in [3.05, 3.63) is 23.8 Å². The lowest BCUT2D eigenvalue weighted by Gasteiger charge is -2.10. The zero-order valence-electron chi connectivity index (χ0n) is 10.3. The van der Waals surface area contributed by atoms with E-state index in [4.69, 9.17) is 5.73 Å². The summed E-state index contributed by atoms with van der Waals surface area (Å²) in [5.41, 5.74) is 7.84. The Morgan fingerprint density at radius 2 is 2.12 bits per heavy atom. The Balaban J connectivity index is 2.68. The number of rotatable bonds is 4. The molecule has 1 unspecified atom stereocenters. The molecule has 0 aliphatic carbocycles. The molecule has 1 rings (SSSR count). The third-order valence-electron chi connectivity index (χ3n) is 2.33. The molecule has 0 aliphatic heterocycles. The Labute approximate surface area is 104 Å². The lowest BCUT2D eigenvalue weighted by atomic mass is 10.2. The Morgan fingerprint density at radius 3 is 2.71 bits per heavy atom. The fraction of sp³-hybridized carbons (Fsp3) is 0.417. The average molecular weight is 254 g/mol. The molecule has 1 aromatic carbocycles. The first kappa shape index (κ1) is 13.7. The first-order valence-electron chi connectivity index (χ1n) is 5.43. The number of carbonyl (C=O) groups excluding carboxylic acids is 1. The normalized spacial score (nSPS) is 12.5. The third kappa shape index (κ3) is 4.19. The van der Waals surface area contributed by atoms with E-state index in [1.54, 1.807) is 12.1 Å². The molecule has 94 valence electrons. The summed E-state index contributed by atoms with van der Waals surface area (Å²) >= 11 is 0. The number of amides is 1. The number of nitrogens with two attached hydrogens (primary N) is 1. The van der Waals surface area contributed by atoms with Crippen molar-refractivity contribution in [1.29, 1.82) is 0 Å². The maximum Gasteiger partial charge on any atom is 0.237 e. The van der Waals surface area contributed by atoms with Crippen LogP contribution < -0.4 is 11.1 Å². The van der Waals surface area contributed by atoms with Crippen LogP contribution in [0.4, 0.5) is 11.4 Å². The van der Waals surface area contributed by atoms with Gasteiger partial charge in [-0.2, -0.15) is 0 Å². The summed E-state index contributed by atoms with van der Waals surface area (Å²) in [6, 6.07) is 5.31. The summed E-state index contributed by atoms with van der Waals surface area (Å²) in [5.74, 6) is -0.225. The van der Waals surface area contributed by atoms with Crippen LogP contribution in [0.1, 0.15) is 19.4 Å². The largest absolute Gasteiger partial charge is 0.399 e. The number of benzene rings is 1. The van der Waals surface area contributed by atoms with Gasteiger partial charge in [0.1, 0.15) is 5.75 Å². The fourth-order valence-electron chi connectivity index (χ4n) is 1.26. The van der Waals surface area contributed by atoms with E-state index >= 15 is 0 Å². The molecular weight excluding hydrogens is 236 g/mol. The predicted molar refractivity (Wildman–Crippen MR) is 72.4 cm³/mol. The number of nitrogens with one attached hydrogen (secondary N) is 1. The van der Waals surface area contributed by atoms with Crippen LogP contribution >= 0.6 is 0 Å². The molecule has 0 aliphatic rings. The van der Waals surface area contributed by atoms with Crippen LogP contribution in [-0.2, 0) is 15.6 Å². The number of hydrogen-bond donors (Lipinski definition) is 2. The van der Waals surface area contributed by atoms with Crippen molar-refractivity contribution in [2.45, 2.75) is 26.0 Å². The van der Waals surface area contributed by atoms with Crippen molar-refractivity contribution in [2.75, 3.05) is 16.8 Å². The van der Waals surface area contributed by atoms with Crippen LogP contribution in [0.25, 0.3) is 0 Å². The zero-order valence-corrected chi connectivity index (χ0v) is 11.1. The molecule has 4 nitrogen and oxygen atoms in total. The van der Waals surface area contributed by atoms with E-state index in [9.17, 15) is 9.00 Å². The minimum absolute atomic E-state index is 0.0114. The number of nitrogen functional groups attached to an aromatic ring is 1. The van der Waals surface area contributed by atoms with Crippen molar-refractivity contribution in [1.82, 2.24) is 0 Å². The second kappa shape index (κ2) is 5.82. The van der Waals surface area contributed by atoms with Gasteiger partial charge >= 0.3 is 0 Å². The highest BCUT2D eigenvalue weighted by atomic mass is 32.2. The van der Waals surface area contributed by atoms with Gasteiger partial charge in [-0.1, -0.05) is 19.9 Å². The van der Waals surface area contributed by atoms with Crippen LogP contribution in [0.5, 0.6) is 0 Å². The second-order valence-corrected chi connectivity index (χ2v) is 6.19. The number of anilines is 2. The highest BCUT2D eigenvalue weighted by Gasteiger charge is 2.12. The fourth-order valence-corrected chi connectivity index (χ4v) is 1.92. The lowest BCUT2D eigenvalue weighted by Crippen LogP contribution is -2.23. The van der Waals surface area contributed by atoms with Gasteiger partial charge in [0.2, 0.25) is 5.91 Å². The van der Waals surface area contributed by atoms with Crippen molar-refractivity contribution in [2.24, 2.45) is 0 Å². The smallest absolute Gasteiger partial charge is 0.237 e. The minimum atomic E-state index is -1.13. The van der Waals surface area contributed by atoms with E-state index in [2.05, 4.69) is 5.32 Å². The molecule has 1 atom stereocenters. The summed E-state index contributed by atoms with van der Waals surface area (Å²) in [7, 11) is -1.13. The second-order valence-electron chi connectivity index (χ2n) is 4.20. The molecule has 3 N–H and O–H groups in total. The van der Waals surface area contributed by atoms with E-state index in [1.165, 1.54) is 0 Å². The topological polar surface area (TPSA) is 72.2 Å². The zero-order chi connectivity index (χ0) is 13.0. The number of hydrogen-bond acceptors (Lipinski definition) is 3. The Morgan fingerprint density at radius 1 is 1.47 bits per heavy atom. The van der Waals surface area contributed by atoms with E-state index in [0.29, 0.717) is 11.4 Å². The van der Waals surface area contributed by atoms with E-state index in [1.807, 2.05) is 26.8 Å². The minimum Gasteiger partial charge on any atom is -0.399 e. The molecule has 0 saturated carbocycles. The molecule has 0 saturated heterocycles. The molecule has 0 bridgehead atoms. The van der Waals surface area contributed by atoms with Crippen LogP contribution in [-0.4, -0.2) is 21.1 Å². The molecule has 1 amide bonds. The summed E-state index contributed by atoms with van der Waals surface area (Å²) in [4.78, 5) is 11.6. The van der Waals surface area contributed by atoms with Crippen molar-refractivity contribution in [3.63, 3.8) is 0 Å². The molecule has 5 heteroatoms. The standard InChI is InChI=1S/C12H18N2O2S/c1-8(2)17(16)7-12(15)14-11-6-10(13)5-4-9(11)3/h4-6,8H,7,13H2,1-3H3,(H,14,15). The molecule has 0 aromatic heterocycles. The van der Waals surface area contributed by atoms with Gasteiger partial charge < -0.3 is 11.1 Å². The number of aryl methyl sites for hydroxylation is 1. The molecule has 0 heterocycles. The third-order valence-corrected chi connectivity index (χ3v) is 3.93. The van der Waals surface area contributed by atoms with Gasteiger partial charge in [-0.25, -0.2) is 0 Å². The highest BCUT2D eigenvalue weighted by Crippen LogP contribution is 2.18. The number of carbonyl (C=O) groups is 1. The van der Waals surface area contributed by atoms with E-state index in [-0.39, 0.29) is 16.9 Å². The van der Waals surface area contributed by atoms with Crippen molar-refractivity contribution >= 4 is 28.1 Å². The summed E-state index contributed by atoms with van der Waals surface area (Å²) in [6.45, 7) is 5.54. The molecule has 17 heavy (non-hydrogen) atoms. The molecule has 0 fully saturated rings. The molecule has 0 spiro atoms. The highest BCUT2D eigenvalue weighted by molar-refractivity contribution is 7.86. The van der Waals surface area contributed by atoms with E-state index < -0.39 is 10.8 Å². The lowest BCUT2D eigenvalue weighted by molar-refractivity contribution is -0.113. The van der Waals surface area contributed by atoms with Gasteiger partial charge in [-0.3, -0.25) is 9.00 Å². The predicted octanol–water partition coefficient (Wildman–Crippen LogP) is 1.67. The van der Waals surface area contributed by atoms with Gasteiger partial charge in [0.05, 0.1) is 0 Å². The van der Waals surface area contributed by atoms with Crippen molar-refractivity contribution < 1.29 is 9.00 Å². The van der Waals surface area contributed by atoms with Gasteiger partial charge in [0, 0.05) is 27.4 Å². The summed E-state index contributed by atoms with van der Waals surface area (Å²) < 4.78 is 11.5. The van der Waals surface area contributed by atoms with Crippen molar-refractivity contribution in [3.8, 4) is 0 Å². The van der Waals surface area contributed by atoms with Gasteiger partial charge in [-0.05, 0) is 24.6 Å². The van der Waals surface area contributed by atoms with Gasteiger partial charge in [0.25, 0.3) is 0 Å². The van der Waals surface area contributed by atoms with E-state index in [0.717, 1.165) is 5.56 Å². The summed E-state index contributed by atoms with van der Waals surface area (Å²) in [5, 5.41) is 2.71. The van der Waals surface area contributed by atoms with Crippen LogP contribution in [0.3, 0.4) is 0 Å². The summed E-state index contributed by atoms with van der Waals surface area (Å²) in [6.07, 6.45) is 0. The monoisotopic (exact) mass is 254 g/mol. The quantitative estimate of drug-likeness (QED) is 0.803. The first-order chi connectivity index (χ1) is 7.90. The molecular formula is C12H18N2O2S. The maximum atomic E-state index is 11.6. The Kier molecular flexibility index (Phi) is 4.69. The van der Waals surface area contributed by atoms with Crippen LogP contribution in [0.15, 0.2) is 18.2 Å². The first-order valence-corrected chi connectivity index (χ1v) is 6.81. The average Bonchev–Trinajstić information content (AvgIpc) is 2.23. The van der Waals surface area contributed by atoms with Gasteiger partial charge in [0.15, 0.2) is 0 Å². The molecule has 1 aromatic rings. The van der Waals surface area contributed by atoms with Crippen LogP contribution in [0.2, 0.25) is 0 Å². The maximum absolute atomic E-state index is 11.6. The van der Waals surface area contributed by atoms with Gasteiger partial charge in [-0.15, -0.1) is 0 Å². The molecule has 0 radical (unpaired) electrons.